The molecule has 3 atom stereocenters. The molecule has 1 saturated carbocycles. The van der Waals surface area contributed by atoms with Crippen LogP contribution < -0.4 is 5.32 Å². The van der Waals surface area contributed by atoms with Crippen LogP contribution >= 0.6 is 11.8 Å². The molecule has 1 aliphatic carbocycles. The van der Waals surface area contributed by atoms with E-state index in [0.717, 1.165) is 17.5 Å². The van der Waals surface area contributed by atoms with Crippen LogP contribution in [0.25, 0.3) is 0 Å². The predicted octanol–water partition coefficient (Wildman–Crippen LogP) is 2.90. The van der Waals surface area contributed by atoms with Gasteiger partial charge in [0.1, 0.15) is 0 Å². The third-order valence-corrected chi connectivity index (χ3v) is 5.51. The van der Waals surface area contributed by atoms with Gasteiger partial charge in [0.25, 0.3) is 0 Å². The molecule has 0 spiro atoms. The van der Waals surface area contributed by atoms with Gasteiger partial charge in [-0.05, 0) is 42.9 Å². The minimum atomic E-state index is 0.316. The number of rotatable bonds is 7. The van der Waals surface area contributed by atoms with Crippen molar-refractivity contribution < 1.29 is 5.11 Å². The molecule has 0 radical (unpaired) electrons. The van der Waals surface area contributed by atoms with Gasteiger partial charge in [-0.1, -0.05) is 27.7 Å². The van der Waals surface area contributed by atoms with Crippen molar-refractivity contribution in [1.29, 1.82) is 0 Å². The van der Waals surface area contributed by atoms with Crippen LogP contribution in [-0.2, 0) is 0 Å². The number of aliphatic hydroxyl groups is 1. The first-order chi connectivity index (χ1) is 8.01. The maximum absolute atomic E-state index is 9.09. The third kappa shape index (κ3) is 4.46. The first kappa shape index (κ1) is 15.3. The lowest BCUT2D eigenvalue weighted by molar-refractivity contribution is 0.250. The molecule has 3 unspecified atom stereocenters. The summed E-state index contributed by atoms with van der Waals surface area (Å²) in [6, 6.07) is 0.637. The number of hydrogen-bond acceptors (Lipinski definition) is 3. The molecule has 0 aromatic carbocycles. The molecule has 0 aromatic heterocycles. The Hall–Kier alpha value is 0.270. The van der Waals surface area contributed by atoms with Crippen molar-refractivity contribution in [2.75, 3.05) is 18.9 Å². The molecule has 0 bridgehead atoms. The Morgan fingerprint density at radius 1 is 1.47 bits per heavy atom. The zero-order valence-electron chi connectivity index (χ0n) is 11.8. The summed E-state index contributed by atoms with van der Waals surface area (Å²) < 4.78 is 0. The molecule has 2 nitrogen and oxygen atoms in total. The molecule has 1 fully saturated rings. The van der Waals surface area contributed by atoms with E-state index in [1.165, 1.54) is 19.3 Å². The van der Waals surface area contributed by atoms with E-state index in [9.17, 15) is 0 Å². The van der Waals surface area contributed by atoms with Crippen LogP contribution in [-0.4, -0.2) is 35.3 Å². The minimum Gasteiger partial charge on any atom is -0.396 e. The zero-order chi connectivity index (χ0) is 12.9. The molecular formula is C14H29NOS. The molecule has 0 amide bonds. The SMILES string of the molecule is CCCNC1C(SCC(C)CO)CCC1(C)C. The summed E-state index contributed by atoms with van der Waals surface area (Å²) in [7, 11) is 0. The van der Waals surface area contributed by atoms with Crippen molar-refractivity contribution in [3.63, 3.8) is 0 Å². The monoisotopic (exact) mass is 259 g/mol. The maximum Gasteiger partial charge on any atom is 0.0464 e. The van der Waals surface area contributed by atoms with Gasteiger partial charge >= 0.3 is 0 Å². The molecular weight excluding hydrogens is 230 g/mol. The van der Waals surface area contributed by atoms with Crippen molar-refractivity contribution >= 4 is 11.8 Å². The number of nitrogens with one attached hydrogen (secondary N) is 1. The highest BCUT2D eigenvalue weighted by Gasteiger charge is 2.41. The van der Waals surface area contributed by atoms with Crippen LogP contribution in [0.2, 0.25) is 0 Å². The summed E-state index contributed by atoms with van der Waals surface area (Å²) in [5.41, 5.74) is 0.426. The molecule has 0 heterocycles. The molecule has 0 aliphatic heterocycles. The van der Waals surface area contributed by atoms with E-state index < -0.39 is 0 Å². The predicted molar refractivity (Wildman–Crippen MR) is 77.6 cm³/mol. The number of hydrogen-bond donors (Lipinski definition) is 2. The molecule has 102 valence electrons. The molecule has 3 heteroatoms. The fraction of sp³-hybridized carbons (Fsp3) is 1.00. The minimum absolute atomic E-state index is 0.316. The van der Waals surface area contributed by atoms with E-state index in [4.69, 9.17) is 5.11 Å². The van der Waals surface area contributed by atoms with Crippen LogP contribution in [0.1, 0.15) is 47.0 Å². The summed E-state index contributed by atoms with van der Waals surface area (Å²) in [5.74, 6) is 1.51. The Kier molecular flexibility index (Phi) is 6.32. The highest BCUT2D eigenvalue weighted by Crippen LogP contribution is 2.43. The highest BCUT2D eigenvalue weighted by molar-refractivity contribution is 8.00. The molecule has 1 rings (SSSR count). The Bertz CT molecular complexity index is 220. The lowest BCUT2D eigenvalue weighted by Gasteiger charge is -2.32. The van der Waals surface area contributed by atoms with Crippen molar-refractivity contribution in [2.45, 2.75) is 58.2 Å². The molecule has 0 aromatic rings. The van der Waals surface area contributed by atoms with Crippen molar-refractivity contribution in [2.24, 2.45) is 11.3 Å². The van der Waals surface area contributed by atoms with Crippen LogP contribution in [0.4, 0.5) is 0 Å². The van der Waals surface area contributed by atoms with Gasteiger partial charge in [-0.15, -0.1) is 0 Å². The fourth-order valence-electron chi connectivity index (χ4n) is 2.57. The van der Waals surface area contributed by atoms with E-state index >= 15 is 0 Å². The molecule has 17 heavy (non-hydrogen) atoms. The van der Waals surface area contributed by atoms with Crippen LogP contribution in [0.3, 0.4) is 0 Å². The van der Waals surface area contributed by atoms with Crippen LogP contribution in [0.5, 0.6) is 0 Å². The topological polar surface area (TPSA) is 32.3 Å². The van der Waals surface area contributed by atoms with Gasteiger partial charge in [0.05, 0.1) is 0 Å². The Labute approximate surface area is 111 Å². The first-order valence-corrected chi connectivity index (χ1v) is 8.02. The Balaban J connectivity index is 2.46. The molecule has 1 aliphatic rings. The van der Waals surface area contributed by atoms with E-state index in [1.54, 1.807) is 0 Å². The normalized spacial score (nSPS) is 29.5. The zero-order valence-corrected chi connectivity index (χ0v) is 12.6. The standard InChI is InChI=1S/C14H29NOS/c1-5-8-15-13-12(6-7-14(13,3)4)17-10-11(2)9-16/h11-13,15-16H,5-10H2,1-4H3. The molecule has 0 saturated heterocycles. The van der Waals surface area contributed by atoms with Gasteiger partial charge < -0.3 is 10.4 Å². The van der Waals surface area contributed by atoms with Gasteiger partial charge in [-0.25, -0.2) is 0 Å². The summed E-state index contributed by atoms with van der Waals surface area (Å²) in [4.78, 5) is 0. The highest BCUT2D eigenvalue weighted by atomic mass is 32.2. The Morgan fingerprint density at radius 2 is 2.18 bits per heavy atom. The second-order valence-electron chi connectivity index (χ2n) is 6.12. The van der Waals surface area contributed by atoms with Gasteiger partial charge in [0, 0.05) is 17.9 Å². The quantitative estimate of drug-likeness (QED) is 0.737. The summed E-state index contributed by atoms with van der Waals surface area (Å²) in [6.07, 6.45) is 3.84. The van der Waals surface area contributed by atoms with Gasteiger partial charge in [-0.2, -0.15) is 11.8 Å². The van der Waals surface area contributed by atoms with Crippen LogP contribution in [0, 0.1) is 11.3 Å². The summed E-state index contributed by atoms with van der Waals surface area (Å²) in [5, 5.41) is 13.5. The van der Waals surface area contributed by atoms with E-state index in [-0.39, 0.29) is 0 Å². The smallest absolute Gasteiger partial charge is 0.0464 e. The summed E-state index contributed by atoms with van der Waals surface area (Å²) in [6.45, 7) is 10.6. The second-order valence-corrected chi connectivity index (χ2v) is 7.39. The van der Waals surface area contributed by atoms with Crippen molar-refractivity contribution in [1.82, 2.24) is 5.32 Å². The molecule has 2 N–H and O–H groups in total. The van der Waals surface area contributed by atoms with Crippen LogP contribution in [0.15, 0.2) is 0 Å². The van der Waals surface area contributed by atoms with E-state index in [1.807, 2.05) is 0 Å². The lowest BCUT2D eigenvalue weighted by atomic mass is 9.87. The number of thioether (sulfide) groups is 1. The largest absolute Gasteiger partial charge is 0.396 e. The van der Waals surface area contributed by atoms with E-state index in [0.29, 0.717) is 24.0 Å². The number of aliphatic hydroxyl groups excluding tert-OH is 1. The van der Waals surface area contributed by atoms with Gasteiger partial charge in [0.15, 0.2) is 0 Å². The first-order valence-electron chi connectivity index (χ1n) is 6.97. The van der Waals surface area contributed by atoms with Gasteiger partial charge in [0.2, 0.25) is 0 Å². The van der Waals surface area contributed by atoms with Crippen molar-refractivity contribution in [3.05, 3.63) is 0 Å². The van der Waals surface area contributed by atoms with Gasteiger partial charge in [-0.3, -0.25) is 0 Å². The Morgan fingerprint density at radius 3 is 2.76 bits per heavy atom. The maximum atomic E-state index is 9.09. The second kappa shape index (κ2) is 7.01. The lowest BCUT2D eigenvalue weighted by Crippen LogP contribution is -2.44. The van der Waals surface area contributed by atoms with Crippen molar-refractivity contribution in [3.8, 4) is 0 Å². The summed E-state index contributed by atoms with van der Waals surface area (Å²) >= 11 is 2.06. The third-order valence-electron chi connectivity index (χ3n) is 3.81. The average molecular weight is 259 g/mol. The fourth-order valence-corrected chi connectivity index (χ4v) is 4.19. The average Bonchev–Trinajstić information content (AvgIpc) is 2.58. The van der Waals surface area contributed by atoms with E-state index in [2.05, 4.69) is 44.8 Å².